The second-order valence-corrected chi connectivity index (χ2v) is 4.91. The maximum absolute atomic E-state index is 11.6. The number of hydrazone groups is 1. The molecule has 0 bridgehead atoms. The Morgan fingerprint density at radius 2 is 2.09 bits per heavy atom. The van der Waals surface area contributed by atoms with Gasteiger partial charge in [0, 0.05) is 25.5 Å². The van der Waals surface area contributed by atoms with E-state index in [9.17, 15) is 4.79 Å². The minimum atomic E-state index is -0.312. The second kappa shape index (κ2) is 10.4. The van der Waals surface area contributed by atoms with E-state index in [1.54, 1.807) is 5.01 Å². The minimum absolute atomic E-state index is 0.305. The van der Waals surface area contributed by atoms with Crippen LogP contribution in [0.1, 0.15) is 32.3 Å². The highest BCUT2D eigenvalue weighted by Crippen LogP contribution is 2.07. The number of carbonyl (C=O) groups excluding carboxylic acids is 1. The van der Waals surface area contributed by atoms with Crippen molar-refractivity contribution < 1.29 is 9.53 Å². The smallest absolute Gasteiger partial charge is 0.330 e. The highest BCUT2D eigenvalue weighted by Gasteiger charge is 1.98. The quantitative estimate of drug-likeness (QED) is 0.300. The monoisotopic (exact) mass is 300 g/mol. The van der Waals surface area contributed by atoms with E-state index in [2.05, 4.69) is 11.8 Å². The van der Waals surface area contributed by atoms with Crippen LogP contribution in [0.2, 0.25) is 0 Å². The molecule has 0 N–H and O–H groups in total. The molecule has 1 aromatic carbocycles. The molecule has 0 aliphatic heterocycles. The number of rotatable bonds is 9. The minimum Gasteiger partial charge on any atom is -0.458 e. The normalized spacial score (nSPS) is 11.5. The number of hydrogen-bond donors (Lipinski definition) is 0. The van der Waals surface area contributed by atoms with Gasteiger partial charge in [-0.05, 0) is 32.3 Å². The summed E-state index contributed by atoms with van der Waals surface area (Å²) >= 11 is 0. The van der Waals surface area contributed by atoms with E-state index in [1.807, 2.05) is 56.5 Å². The number of ether oxygens (including phenoxy) is 1. The van der Waals surface area contributed by atoms with Gasteiger partial charge in [-0.2, -0.15) is 5.10 Å². The Hall–Kier alpha value is -2.36. The maximum atomic E-state index is 11.6. The Bertz CT molecular complexity index is 521. The molecule has 1 aromatic rings. The fourth-order valence-corrected chi connectivity index (χ4v) is 1.82. The van der Waals surface area contributed by atoms with Crippen molar-refractivity contribution >= 4 is 12.7 Å². The third-order valence-electron chi connectivity index (χ3n) is 3.06. The molecule has 0 aromatic heterocycles. The van der Waals surface area contributed by atoms with E-state index in [0.717, 1.165) is 24.9 Å². The molecule has 1 rings (SSSR count). The summed E-state index contributed by atoms with van der Waals surface area (Å²) < 4.78 is 5.16. The average molecular weight is 300 g/mol. The van der Waals surface area contributed by atoms with Crippen LogP contribution < -0.4 is 0 Å². The molecular weight excluding hydrogens is 276 g/mol. The predicted molar refractivity (Wildman–Crippen MR) is 90.3 cm³/mol. The summed E-state index contributed by atoms with van der Waals surface area (Å²) in [4.78, 5) is 11.6. The molecule has 0 spiro atoms. The Morgan fingerprint density at radius 1 is 1.36 bits per heavy atom. The zero-order chi connectivity index (χ0) is 16.2. The van der Waals surface area contributed by atoms with Gasteiger partial charge in [0.05, 0.1) is 0 Å². The molecule has 0 fully saturated rings. The zero-order valence-corrected chi connectivity index (χ0v) is 13.4. The zero-order valence-electron chi connectivity index (χ0n) is 13.4. The number of hydrogen-bond acceptors (Lipinski definition) is 4. The lowest BCUT2D eigenvalue weighted by Crippen LogP contribution is -2.08. The van der Waals surface area contributed by atoms with E-state index in [-0.39, 0.29) is 5.97 Å². The van der Waals surface area contributed by atoms with E-state index in [4.69, 9.17) is 4.74 Å². The molecule has 0 radical (unpaired) electrons. The predicted octanol–water partition coefficient (Wildman–Crippen LogP) is 3.91. The van der Waals surface area contributed by atoms with Crippen LogP contribution in [-0.4, -0.2) is 24.2 Å². The van der Waals surface area contributed by atoms with Crippen LogP contribution >= 0.6 is 0 Å². The number of esters is 1. The van der Waals surface area contributed by atoms with Crippen LogP contribution in [0.5, 0.6) is 0 Å². The van der Waals surface area contributed by atoms with Gasteiger partial charge in [0.1, 0.15) is 6.61 Å². The summed E-state index contributed by atoms with van der Waals surface area (Å²) in [5.74, 6) is -0.312. The fraction of sp³-hybridized carbons (Fsp3) is 0.333. The lowest BCUT2D eigenvalue weighted by atomic mass is 10.2. The van der Waals surface area contributed by atoms with Crippen molar-refractivity contribution in [3.63, 3.8) is 0 Å². The van der Waals surface area contributed by atoms with Crippen molar-refractivity contribution in [2.75, 3.05) is 6.54 Å². The van der Waals surface area contributed by atoms with E-state index < -0.39 is 0 Å². The molecule has 0 saturated carbocycles. The van der Waals surface area contributed by atoms with Gasteiger partial charge >= 0.3 is 5.97 Å². The summed E-state index contributed by atoms with van der Waals surface area (Å²) in [6.45, 7) is 8.66. The number of carbonyl (C=O) groups is 1. The molecule has 0 amide bonds. The number of allylic oxidation sites excluding steroid dienone is 2. The highest BCUT2D eigenvalue weighted by atomic mass is 16.5. The van der Waals surface area contributed by atoms with Crippen LogP contribution in [0.15, 0.2) is 59.4 Å². The van der Waals surface area contributed by atoms with Gasteiger partial charge in [-0.1, -0.05) is 42.0 Å². The lowest BCUT2D eigenvalue weighted by molar-refractivity contribution is -0.139. The van der Waals surface area contributed by atoms with Crippen LogP contribution in [-0.2, 0) is 16.1 Å². The molecule has 0 unspecified atom stereocenters. The number of nitrogens with zero attached hydrogens (tertiary/aromatic N) is 2. The first-order valence-electron chi connectivity index (χ1n) is 7.43. The van der Waals surface area contributed by atoms with Crippen molar-refractivity contribution in [1.29, 1.82) is 0 Å². The van der Waals surface area contributed by atoms with Gasteiger partial charge in [0.2, 0.25) is 0 Å². The summed E-state index contributed by atoms with van der Waals surface area (Å²) in [5.41, 5.74) is 2.18. The first-order valence-corrected chi connectivity index (χ1v) is 7.43. The van der Waals surface area contributed by atoms with E-state index in [0.29, 0.717) is 6.61 Å². The molecule has 0 aliphatic rings. The van der Waals surface area contributed by atoms with Gasteiger partial charge in [-0.25, -0.2) is 4.79 Å². The standard InChI is InChI=1S/C18H24N2O2/c1-4-20(19-3)14-16(2)10-8-9-13-18(21)22-15-17-11-6-5-7-12-17/h5-7,9,11-14H,3-4,8,10,15H2,1-2H3/b13-9+,16-14+. The van der Waals surface area contributed by atoms with Crippen LogP contribution in [0.4, 0.5) is 0 Å². The molecule has 4 heteroatoms. The molecule has 0 saturated heterocycles. The Balaban J connectivity index is 2.27. The summed E-state index contributed by atoms with van der Waals surface area (Å²) in [7, 11) is 0. The summed E-state index contributed by atoms with van der Waals surface area (Å²) in [6.07, 6.45) is 6.95. The molecule has 0 atom stereocenters. The van der Waals surface area contributed by atoms with Crippen molar-refractivity contribution in [3.05, 3.63) is 59.8 Å². The topological polar surface area (TPSA) is 41.9 Å². The molecule has 4 nitrogen and oxygen atoms in total. The van der Waals surface area contributed by atoms with Crippen LogP contribution in [0.25, 0.3) is 0 Å². The van der Waals surface area contributed by atoms with E-state index in [1.165, 1.54) is 11.6 Å². The van der Waals surface area contributed by atoms with Crippen molar-refractivity contribution in [3.8, 4) is 0 Å². The fourth-order valence-electron chi connectivity index (χ4n) is 1.82. The Labute approximate surface area is 132 Å². The summed E-state index contributed by atoms with van der Waals surface area (Å²) in [5, 5.41) is 5.66. The summed E-state index contributed by atoms with van der Waals surface area (Å²) in [6, 6.07) is 9.64. The molecule has 0 heterocycles. The first kappa shape index (κ1) is 17.7. The Kier molecular flexibility index (Phi) is 8.35. The van der Waals surface area contributed by atoms with Gasteiger partial charge in [-0.3, -0.25) is 5.01 Å². The van der Waals surface area contributed by atoms with Crippen LogP contribution in [0, 0.1) is 0 Å². The van der Waals surface area contributed by atoms with Gasteiger partial charge in [0.25, 0.3) is 0 Å². The van der Waals surface area contributed by atoms with Crippen molar-refractivity contribution in [2.45, 2.75) is 33.3 Å². The third-order valence-corrected chi connectivity index (χ3v) is 3.06. The largest absolute Gasteiger partial charge is 0.458 e. The average Bonchev–Trinajstić information content (AvgIpc) is 2.55. The highest BCUT2D eigenvalue weighted by molar-refractivity contribution is 5.81. The maximum Gasteiger partial charge on any atom is 0.330 e. The SMILES string of the molecule is C=NN(/C=C(\C)CC/C=C/C(=O)OCc1ccccc1)CC. The van der Waals surface area contributed by atoms with E-state index >= 15 is 0 Å². The Morgan fingerprint density at radius 3 is 2.73 bits per heavy atom. The van der Waals surface area contributed by atoms with Crippen molar-refractivity contribution in [2.24, 2.45) is 5.10 Å². The first-order chi connectivity index (χ1) is 10.7. The van der Waals surface area contributed by atoms with Gasteiger partial charge < -0.3 is 4.74 Å². The second-order valence-electron chi connectivity index (χ2n) is 4.91. The molecule has 22 heavy (non-hydrogen) atoms. The van der Waals surface area contributed by atoms with Crippen molar-refractivity contribution in [1.82, 2.24) is 5.01 Å². The lowest BCUT2D eigenvalue weighted by Gasteiger charge is -2.11. The third kappa shape index (κ3) is 7.43. The van der Waals surface area contributed by atoms with Gasteiger partial charge in [0.15, 0.2) is 0 Å². The number of benzene rings is 1. The molecule has 0 aliphatic carbocycles. The molecular formula is C18H24N2O2. The van der Waals surface area contributed by atoms with Crippen LogP contribution in [0.3, 0.4) is 0 Å². The molecule has 118 valence electrons. The van der Waals surface area contributed by atoms with Gasteiger partial charge in [-0.15, -0.1) is 0 Å².